The molecular weight excluding hydrogens is 214 g/mol. The molecule has 1 atom stereocenters. The van der Waals surface area contributed by atoms with Crippen molar-refractivity contribution in [3.63, 3.8) is 0 Å². The molecule has 3 nitrogen and oxygen atoms in total. The van der Waals surface area contributed by atoms with Gasteiger partial charge in [0, 0.05) is 18.0 Å². The lowest BCUT2D eigenvalue weighted by molar-refractivity contribution is 0.149. The maximum absolute atomic E-state index is 10.0. The monoisotopic (exact) mass is 231 g/mol. The first-order valence-electron chi connectivity index (χ1n) is 6.14. The number of para-hydroxylation sites is 1. The second-order valence-corrected chi connectivity index (χ2v) is 4.84. The van der Waals surface area contributed by atoms with Crippen LogP contribution in [0.4, 0.5) is 0 Å². The minimum atomic E-state index is -0.553. The molecule has 90 valence electrons. The van der Waals surface area contributed by atoms with Crippen molar-refractivity contribution in [2.24, 2.45) is 0 Å². The Morgan fingerprint density at radius 1 is 1.47 bits per heavy atom. The summed E-state index contributed by atoms with van der Waals surface area (Å²) < 4.78 is 5.72. The number of aliphatic hydroxyl groups is 1. The maximum atomic E-state index is 10.0. The summed E-state index contributed by atoms with van der Waals surface area (Å²) in [6, 6.07) is 8.57. The van der Waals surface area contributed by atoms with Crippen molar-refractivity contribution in [3.05, 3.63) is 35.6 Å². The molecule has 0 saturated heterocycles. The quantitative estimate of drug-likeness (QED) is 0.850. The Morgan fingerprint density at radius 3 is 3.00 bits per heavy atom. The molecule has 0 aliphatic heterocycles. The first-order chi connectivity index (χ1) is 8.24. The molecule has 0 amide bonds. The van der Waals surface area contributed by atoms with Crippen LogP contribution in [0.2, 0.25) is 0 Å². The molecule has 0 spiro atoms. The SMILES string of the molecule is Cc1cccc2cc(C(O)CNC3CC3)oc12. The number of fused-ring (bicyclic) bond motifs is 1. The molecule has 1 aromatic carbocycles. The van der Waals surface area contributed by atoms with Gasteiger partial charge in [-0.05, 0) is 31.4 Å². The average Bonchev–Trinajstić information content (AvgIpc) is 3.04. The van der Waals surface area contributed by atoms with E-state index in [0.29, 0.717) is 18.3 Å². The molecule has 17 heavy (non-hydrogen) atoms. The Morgan fingerprint density at radius 2 is 2.29 bits per heavy atom. The third-order valence-electron chi connectivity index (χ3n) is 3.27. The molecule has 3 rings (SSSR count). The summed E-state index contributed by atoms with van der Waals surface area (Å²) in [6.45, 7) is 2.59. The van der Waals surface area contributed by atoms with Gasteiger partial charge in [-0.25, -0.2) is 0 Å². The molecule has 1 unspecified atom stereocenters. The van der Waals surface area contributed by atoms with Crippen LogP contribution in [-0.2, 0) is 0 Å². The van der Waals surface area contributed by atoms with Crippen LogP contribution in [0.1, 0.15) is 30.3 Å². The van der Waals surface area contributed by atoms with Crippen LogP contribution in [0.3, 0.4) is 0 Å². The van der Waals surface area contributed by atoms with E-state index in [2.05, 4.69) is 5.32 Å². The lowest BCUT2D eigenvalue weighted by Gasteiger charge is -2.07. The van der Waals surface area contributed by atoms with Gasteiger partial charge >= 0.3 is 0 Å². The third-order valence-corrected chi connectivity index (χ3v) is 3.27. The number of hydrogen-bond donors (Lipinski definition) is 2. The first kappa shape index (κ1) is 10.8. The summed E-state index contributed by atoms with van der Waals surface area (Å²) in [7, 11) is 0. The smallest absolute Gasteiger partial charge is 0.137 e. The third kappa shape index (κ3) is 2.21. The number of nitrogens with one attached hydrogen (secondary N) is 1. The predicted octanol–water partition coefficient (Wildman–Crippen LogP) is 2.53. The predicted molar refractivity (Wildman–Crippen MR) is 66.9 cm³/mol. The Bertz CT molecular complexity index is 528. The van der Waals surface area contributed by atoms with Crippen molar-refractivity contribution in [1.29, 1.82) is 0 Å². The molecule has 1 aliphatic carbocycles. The Kier molecular flexibility index (Phi) is 2.65. The molecule has 3 heteroatoms. The second-order valence-electron chi connectivity index (χ2n) is 4.84. The first-order valence-corrected chi connectivity index (χ1v) is 6.14. The van der Waals surface area contributed by atoms with Gasteiger partial charge in [0.15, 0.2) is 0 Å². The van der Waals surface area contributed by atoms with E-state index in [1.807, 2.05) is 31.2 Å². The fourth-order valence-electron chi connectivity index (χ4n) is 2.06. The fraction of sp³-hybridized carbons (Fsp3) is 0.429. The maximum Gasteiger partial charge on any atom is 0.137 e. The molecule has 1 fully saturated rings. The van der Waals surface area contributed by atoms with E-state index in [1.165, 1.54) is 12.8 Å². The zero-order valence-corrected chi connectivity index (χ0v) is 9.94. The number of rotatable bonds is 4. The van der Waals surface area contributed by atoms with E-state index >= 15 is 0 Å². The number of furan rings is 1. The topological polar surface area (TPSA) is 45.4 Å². The highest BCUT2D eigenvalue weighted by Gasteiger charge is 2.22. The molecule has 0 radical (unpaired) electrons. The van der Waals surface area contributed by atoms with Crippen LogP contribution in [0, 0.1) is 6.92 Å². The van der Waals surface area contributed by atoms with Gasteiger partial charge in [-0.1, -0.05) is 18.2 Å². The minimum absolute atomic E-state index is 0.553. The zero-order chi connectivity index (χ0) is 11.8. The Hall–Kier alpha value is -1.32. The summed E-state index contributed by atoms with van der Waals surface area (Å²) in [5.41, 5.74) is 1.99. The van der Waals surface area contributed by atoms with E-state index in [9.17, 15) is 5.11 Å². The number of benzene rings is 1. The second kappa shape index (κ2) is 4.17. The largest absolute Gasteiger partial charge is 0.458 e. The van der Waals surface area contributed by atoms with E-state index in [1.54, 1.807) is 0 Å². The molecular formula is C14H17NO2. The normalized spacial score (nSPS) is 17.5. The molecule has 2 N–H and O–H groups in total. The van der Waals surface area contributed by atoms with E-state index in [4.69, 9.17) is 4.42 Å². The van der Waals surface area contributed by atoms with E-state index in [0.717, 1.165) is 16.5 Å². The lowest BCUT2D eigenvalue weighted by atomic mass is 10.1. The van der Waals surface area contributed by atoms with Crippen molar-refractivity contribution in [1.82, 2.24) is 5.32 Å². The summed E-state index contributed by atoms with van der Waals surface area (Å²) in [4.78, 5) is 0. The van der Waals surface area contributed by atoms with Gasteiger partial charge in [-0.15, -0.1) is 0 Å². The molecule has 2 aromatic rings. The van der Waals surface area contributed by atoms with Crippen LogP contribution < -0.4 is 5.32 Å². The van der Waals surface area contributed by atoms with Crippen LogP contribution in [0.25, 0.3) is 11.0 Å². The number of hydrogen-bond acceptors (Lipinski definition) is 3. The van der Waals surface area contributed by atoms with Crippen molar-refractivity contribution in [3.8, 4) is 0 Å². The van der Waals surface area contributed by atoms with Gasteiger partial charge in [0.25, 0.3) is 0 Å². The highest BCUT2D eigenvalue weighted by molar-refractivity contribution is 5.80. The van der Waals surface area contributed by atoms with Gasteiger partial charge in [-0.2, -0.15) is 0 Å². The van der Waals surface area contributed by atoms with Gasteiger partial charge in [0.1, 0.15) is 17.4 Å². The highest BCUT2D eigenvalue weighted by Crippen LogP contribution is 2.27. The average molecular weight is 231 g/mol. The summed E-state index contributed by atoms with van der Waals surface area (Å²) in [6.07, 6.45) is 1.90. The standard InChI is InChI=1S/C14H17NO2/c1-9-3-2-4-10-7-13(17-14(9)10)12(16)8-15-11-5-6-11/h2-4,7,11-12,15-16H,5-6,8H2,1H3. The van der Waals surface area contributed by atoms with Crippen molar-refractivity contribution in [2.75, 3.05) is 6.54 Å². The van der Waals surface area contributed by atoms with E-state index in [-0.39, 0.29) is 0 Å². The minimum Gasteiger partial charge on any atom is -0.458 e. The highest BCUT2D eigenvalue weighted by atomic mass is 16.4. The van der Waals surface area contributed by atoms with Crippen molar-refractivity contribution in [2.45, 2.75) is 31.9 Å². The van der Waals surface area contributed by atoms with Gasteiger partial charge < -0.3 is 14.8 Å². The fourth-order valence-corrected chi connectivity index (χ4v) is 2.06. The van der Waals surface area contributed by atoms with Crippen LogP contribution in [0.5, 0.6) is 0 Å². The molecule has 1 aliphatic rings. The van der Waals surface area contributed by atoms with Crippen LogP contribution >= 0.6 is 0 Å². The molecule has 0 bridgehead atoms. The number of aryl methyl sites for hydroxylation is 1. The molecule has 1 aromatic heterocycles. The van der Waals surface area contributed by atoms with Gasteiger partial charge in [0.2, 0.25) is 0 Å². The number of aliphatic hydroxyl groups excluding tert-OH is 1. The zero-order valence-electron chi connectivity index (χ0n) is 9.94. The van der Waals surface area contributed by atoms with Gasteiger partial charge in [-0.3, -0.25) is 0 Å². The van der Waals surface area contributed by atoms with Crippen molar-refractivity contribution >= 4 is 11.0 Å². The summed E-state index contributed by atoms with van der Waals surface area (Å²) in [5, 5.41) is 14.4. The molecule has 1 heterocycles. The van der Waals surface area contributed by atoms with Crippen LogP contribution in [0.15, 0.2) is 28.7 Å². The summed E-state index contributed by atoms with van der Waals surface area (Å²) >= 11 is 0. The Balaban J connectivity index is 1.81. The van der Waals surface area contributed by atoms with E-state index < -0.39 is 6.10 Å². The van der Waals surface area contributed by atoms with Crippen molar-refractivity contribution < 1.29 is 9.52 Å². The molecule has 1 saturated carbocycles. The van der Waals surface area contributed by atoms with Gasteiger partial charge in [0.05, 0.1) is 0 Å². The van der Waals surface area contributed by atoms with Crippen LogP contribution in [-0.4, -0.2) is 17.7 Å². The lowest BCUT2D eigenvalue weighted by Crippen LogP contribution is -2.22. The Labute approximate surface area is 100 Å². The summed E-state index contributed by atoms with van der Waals surface area (Å²) in [5.74, 6) is 0.655.